The molecule has 3 aromatic rings. The van der Waals surface area contributed by atoms with Gasteiger partial charge in [-0.2, -0.15) is 13.2 Å². The number of carbonyl (C=O) groups is 1. The van der Waals surface area contributed by atoms with E-state index in [2.05, 4.69) is 4.90 Å². The van der Waals surface area contributed by atoms with Crippen LogP contribution in [0, 0.1) is 0 Å². The molecule has 10 heteroatoms. The highest BCUT2D eigenvalue weighted by Crippen LogP contribution is 2.30. The lowest BCUT2D eigenvalue weighted by Crippen LogP contribution is -2.50. The average molecular weight is 577 g/mol. The minimum atomic E-state index is -4.38. The first-order valence-electron chi connectivity index (χ1n) is 12.9. The standard InChI is InChI=1S/C30H32ClF3N2O4/c1-38-26-12-5-22(17-27(26)39-2)18-29(37)36-15-13-35(14-16-36)19-28(23-6-10-25(31)11-7-23)40-20-21-3-8-24(9-4-21)30(32,33)34/h3-12,17,28H,13-16,18-20H2,1-2H3. The summed E-state index contributed by atoms with van der Waals surface area (Å²) in [5.74, 6) is 1.24. The summed E-state index contributed by atoms with van der Waals surface area (Å²) in [4.78, 5) is 17.1. The molecular weight excluding hydrogens is 545 g/mol. The van der Waals surface area contributed by atoms with E-state index in [9.17, 15) is 18.0 Å². The maximum absolute atomic E-state index is 13.0. The molecule has 0 radical (unpaired) electrons. The number of alkyl halides is 3. The second-order valence-electron chi connectivity index (χ2n) is 9.59. The Balaban J connectivity index is 1.35. The summed E-state index contributed by atoms with van der Waals surface area (Å²) < 4.78 is 55.6. The van der Waals surface area contributed by atoms with Gasteiger partial charge in [0, 0.05) is 37.7 Å². The van der Waals surface area contributed by atoms with E-state index in [1.807, 2.05) is 29.2 Å². The molecule has 0 aliphatic carbocycles. The summed E-state index contributed by atoms with van der Waals surface area (Å²) in [6.45, 7) is 3.24. The fourth-order valence-corrected chi connectivity index (χ4v) is 4.74. The molecule has 0 bridgehead atoms. The molecule has 1 aliphatic heterocycles. The van der Waals surface area contributed by atoms with E-state index in [4.69, 9.17) is 25.8 Å². The first-order valence-corrected chi connectivity index (χ1v) is 13.3. The van der Waals surface area contributed by atoms with Gasteiger partial charge in [-0.25, -0.2) is 0 Å². The van der Waals surface area contributed by atoms with Crippen molar-refractivity contribution in [3.63, 3.8) is 0 Å². The zero-order chi connectivity index (χ0) is 28.7. The van der Waals surface area contributed by atoms with E-state index in [0.717, 1.165) is 23.3 Å². The predicted molar refractivity (Wildman–Crippen MR) is 147 cm³/mol. The average Bonchev–Trinajstić information content (AvgIpc) is 2.95. The number of piperazine rings is 1. The van der Waals surface area contributed by atoms with Crippen molar-refractivity contribution in [1.29, 1.82) is 0 Å². The molecular formula is C30H32ClF3N2O4. The number of amides is 1. The number of methoxy groups -OCH3 is 2. The number of benzene rings is 3. The Morgan fingerprint density at radius 2 is 1.50 bits per heavy atom. The second-order valence-corrected chi connectivity index (χ2v) is 10.0. The molecule has 0 spiro atoms. The molecule has 0 aromatic heterocycles. The van der Waals surface area contributed by atoms with Gasteiger partial charge >= 0.3 is 6.18 Å². The van der Waals surface area contributed by atoms with Crippen LogP contribution in [0.3, 0.4) is 0 Å². The zero-order valence-electron chi connectivity index (χ0n) is 22.4. The van der Waals surface area contributed by atoms with Crippen molar-refractivity contribution < 1.29 is 32.2 Å². The molecule has 1 heterocycles. The summed E-state index contributed by atoms with van der Waals surface area (Å²) >= 11 is 6.07. The second kappa shape index (κ2) is 13.4. The highest BCUT2D eigenvalue weighted by atomic mass is 35.5. The number of hydrogen-bond acceptors (Lipinski definition) is 5. The van der Waals surface area contributed by atoms with Gasteiger partial charge in [0.2, 0.25) is 5.91 Å². The van der Waals surface area contributed by atoms with Crippen LogP contribution in [-0.2, 0) is 28.7 Å². The van der Waals surface area contributed by atoms with Crippen LogP contribution in [0.1, 0.15) is 28.4 Å². The third-order valence-corrected chi connectivity index (χ3v) is 7.18. The number of rotatable bonds is 10. The SMILES string of the molecule is COc1ccc(CC(=O)N2CCN(CC(OCc3ccc(C(F)(F)F)cc3)c3ccc(Cl)cc3)CC2)cc1OC. The van der Waals surface area contributed by atoms with Crippen molar-refractivity contribution in [3.8, 4) is 11.5 Å². The van der Waals surface area contributed by atoms with Crippen LogP contribution >= 0.6 is 11.6 Å². The quantitative estimate of drug-likeness (QED) is 0.295. The zero-order valence-corrected chi connectivity index (χ0v) is 23.2. The normalized spacial score (nSPS) is 15.1. The fourth-order valence-electron chi connectivity index (χ4n) is 4.61. The highest BCUT2D eigenvalue weighted by Gasteiger charge is 2.30. The molecule has 0 saturated carbocycles. The van der Waals surface area contributed by atoms with Gasteiger partial charge in [0.25, 0.3) is 0 Å². The molecule has 1 amide bonds. The summed E-state index contributed by atoms with van der Waals surface area (Å²) in [6, 6.07) is 17.8. The monoisotopic (exact) mass is 576 g/mol. The lowest BCUT2D eigenvalue weighted by atomic mass is 10.1. The van der Waals surface area contributed by atoms with Crippen LogP contribution in [0.4, 0.5) is 13.2 Å². The molecule has 0 N–H and O–H groups in total. The smallest absolute Gasteiger partial charge is 0.416 e. The van der Waals surface area contributed by atoms with Gasteiger partial charge < -0.3 is 19.1 Å². The molecule has 214 valence electrons. The van der Waals surface area contributed by atoms with E-state index in [0.29, 0.717) is 54.8 Å². The lowest BCUT2D eigenvalue weighted by molar-refractivity contribution is -0.137. The van der Waals surface area contributed by atoms with Crippen LogP contribution in [0.2, 0.25) is 5.02 Å². The fraction of sp³-hybridized carbons (Fsp3) is 0.367. The third-order valence-electron chi connectivity index (χ3n) is 6.93. The van der Waals surface area contributed by atoms with Crippen molar-refractivity contribution in [3.05, 3.63) is 94.0 Å². The Hall–Kier alpha value is -3.27. The molecule has 40 heavy (non-hydrogen) atoms. The number of nitrogens with zero attached hydrogens (tertiary/aromatic N) is 2. The van der Waals surface area contributed by atoms with Gasteiger partial charge in [-0.3, -0.25) is 9.69 Å². The maximum Gasteiger partial charge on any atom is 0.416 e. The van der Waals surface area contributed by atoms with Gasteiger partial charge in [-0.05, 0) is 53.1 Å². The van der Waals surface area contributed by atoms with Crippen molar-refractivity contribution in [2.45, 2.75) is 25.3 Å². The molecule has 1 atom stereocenters. The Morgan fingerprint density at radius 1 is 0.875 bits per heavy atom. The minimum Gasteiger partial charge on any atom is -0.493 e. The topological polar surface area (TPSA) is 51.2 Å². The summed E-state index contributed by atoms with van der Waals surface area (Å²) in [7, 11) is 3.13. The van der Waals surface area contributed by atoms with Crippen molar-refractivity contribution in [1.82, 2.24) is 9.80 Å². The molecule has 1 fully saturated rings. The largest absolute Gasteiger partial charge is 0.493 e. The van der Waals surface area contributed by atoms with Crippen LogP contribution in [0.5, 0.6) is 11.5 Å². The molecule has 1 unspecified atom stereocenters. The Morgan fingerprint density at radius 3 is 2.10 bits per heavy atom. The Labute approximate surface area is 237 Å². The molecule has 3 aromatic carbocycles. The van der Waals surface area contributed by atoms with Crippen molar-refractivity contribution in [2.24, 2.45) is 0 Å². The van der Waals surface area contributed by atoms with Crippen LogP contribution in [0.15, 0.2) is 66.7 Å². The maximum atomic E-state index is 13.0. The first kappa shape index (κ1) is 29.7. The Kier molecular flexibility index (Phi) is 9.95. The number of ether oxygens (including phenoxy) is 3. The van der Waals surface area contributed by atoms with Gasteiger partial charge in [0.15, 0.2) is 11.5 Å². The minimum absolute atomic E-state index is 0.0414. The molecule has 1 saturated heterocycles. The lowest BCUT2D eigenvalue weighted by Gasteiger charge is -2.36. The highest BCUT2D eigenvalue weighted by molar-refractivity contribution is 6.30. The van der Waals surface area contributed by atoms with E-state index < -0.39 is 11.7 Å². The number of hydrogen-bond donors (Lipinski definition) is 0. The van der Waals surface area contributed by atoms with E-state index in [1.165, 1.54) is 12.1 Å². The van der Waals surface area contributed by atoms with E-state index in [1.54, 1.807) is 32.4 Å². The van der Waals surface area contributed by atoms with Gasteiger partial charge in [-0.1, -0.05) is 41.9 Å². The van der Waals surface area contributed by atoms with Gasteiger partial charge in [0.05, 0.1) is 38.9 Å². The number of halogens is 4. The van der Waals surface area contributed by atoms with Crippen LogP contribution in [0.25, 0.3) is 0 Å². The summed E-state index contributed by atoms with van der Waals surface area (Å²) in [5.41, 5.74) is 1.73. The van der Waals surface area contributed by atoms with Gasteiger partial charge in [0.1, 0.15) is 0 Å². The van der Waals surface area contributed by atoms with Crippen LogP contribution < -0.4 is 9.47 Å². The van der Waals surface area contributed by atoms with Crippen molar-refractivity contribution in [2.75, 3.05) is 46.9 Å². The molecule has 1 aliphatic rings. The summed E-state index contributed by atoms with van der Waals surface area (Å²) in [5, 5.41) is 0.604. The van der Waals surface area contributed by atoms with E-state index >= 15 is 0 Å². The molecule has 6 nitrogen and oxygen atoms in total. The third kappa shape index (κ3) is 7.90. The predicted octanol–water partition coefficient (Wildman–Crippen LogP) is 6.02. The molecule has 4 rings (SSSR count). The number of carbonyl (C=O) groups excluding carboxylic acids is 1. The van der Waals surface area contributed by atoms with Crippen LogP contribution in [-0.4, -0.2) is 62.7 Å². The Bertz CT molecular complexity index is 1260. The van der Waals surface area contributed by atoms with Crippen molar-refractivity contribution >= 4 is 17.5 Å². The van der Waals surface area contributed by atoms with E-state index in [-0.39, 0.29) is 25.0 Å². The summed E-state index contributed by atoms with van der Waals surface area (Å²) in [6.07, 6.45) is -4.44. The first-order chi connectivity index (χ1) is 19.2. The van der Waals surface area contributed by atoms with Gasteiger partial charge in [-0.15, -0.1) is 0 Å².